The zero-order chi connectivity index (χ0) is 15.7. The minimum Gasteiger partial charge on any atom is -0.497 e. The van der Waals surface area contributed by atoms with Crippen LogP contribution in [0.25, 0.3) is 0 Å². The van der Waals surface area contributed by atoms with E-state index in [9.17, 15) is 13.2 Å². The topological polar surface area (TPSA) is 85.4 Å². The van der Waals surface area contributed by atoms with Crippen LogP contribution in [-0.4, -0.2) is 26.4 Å². The molecule has 2 aromatic rings. The molecule has 0 spiro atoms. The average molecular weight is 338 g/mol. The van der Waals surface area contributed by atoms with E-state index in [1.54, 1.807) is 17.6 Å². The lowest BCUT2D eigenvalue weighted by Gasteiger charge is -2.08. The molecule has 3 rings (SSSR count). The Morgan fingerprint density at radius 3 is 2.86 bits per heavy atom. The molecule has 116 valence electrons. The summed E-state index contributed by atoms with van der Waals surface area (Å²) in [5.41, 5.74) is 2.27. The van der Waals surface area contributed by atoms with E-state index in [-0.39, 0.29) is 10.8 Å². The molecule has 1 aromatic heterocycles. The van der Waals surface area contributed by atoms with Crippen LogP contribution in [0.3, 0.4) is 0 Å². The predicted octanol–water partition coefficient (Wildman–Crippen LogP) is 2.15. The molecule has 1 saturated carbocycles. The first-order valence-electron chi connectivity index (χ1n) is 6.66. The minimum atomic E-state index is -3.94. The van der Waals surface area contributed by atoms with Crippen molar-refractivity contribution >= 4 is 27.3 Å². The average Bonchev–Trinajstić information content (AvgIpc) is 3.23. The van der Waals surface area contributed by atoms with E-state index >= 15 is 0 Å². The lowest BCUT2D eigenvalue weighted by atomic mass is 10.2. The monoisotopic (exact) mass is 338 g/mol. The first kappa shape index (κ1) is 15.0. The van der Waals surface area contributed by atoms with E-state index in [2.05, 4.69) is 9.71 Å². The van der Waals surface area contributed by atoms with Crippen molar-refractivity contribution in [2.45, 2.75) is 23.7 Å². The van der Waals surface area contributed by atoms with E-state index in [4.69, 9.17) is 4.74 Å². The fourth-order valence-corrected chi connectivity index (χ4v) is 3.90. The van der Waals surface area contributed by atoms with Gasteiger partial charge >= 0.3 is 0 Å². The quantitative estimate of drug-likeness (QED) is 0.903. The predicted molar refractivity (Wildman–Crippen MR) is 81.7 cm³/mol. The molecule has 8 heteroatoms. The maximum atomic E-state index is 12.3. The number of benzene rings is 1. The smallest absolute Gasteiger partial charge is 0.277 e. The standard InChI is InChI=1S/C14H14N2O4S2/c1-20-10-3-2-4-11(7-10)22(18,19)16-14(17)13-12(9-5-6-9)15-8-21-13/h2-4,7-9H,5-6H2,1H3,(H,16,17). The van der Waals surface area contributed by atoms with Gasteiger partial charge in [0.15, 0.2) is 0 Å². The summed E-state index contributed by atoms with van der Waals surface area (Å²) in [6.45, 7) is 0. The summed E-state index contributed by atoms with van der Waals surface area (Å²) in [5.74, 6) is 0.0607. The molecule has 22 heavy (non-hydrogen) atoms. The van der Waals surface area contributed by atoms with Gasteiger partial charge in [-0.3, -0.25) is 4.79 Å². The van der Waals surface area contributed by atoms with Gasteiger partial charge in [-0.1, -0.05) is 6.07 Å². The van der Waals surface area contributed by atoms with Crippen LogP contribution < -0.4 is 9.46 Å². The second-order valence-electron chi connectivity index (χ2n) is 4.95. The van der Waals surface area contributed by atoms with Crippen molar-refractivity contribution in [1.29, 1.82) is 0 Å². The van der Waals surface area contributed by atoms with Gasteiger partial charge in [0.2, 0.25) is 0 Å². The second-order valence-corrected chi connectivity index (χ2v) is 7.49. The number of amides is 1. The van der Waals surface area contributed by atoms with Crippen LogP contribution in [0, 0.1) is 0 Å². The Morgan fingerprint density at radius 1 is 1.41 bits per heavy atom. The zero-order valence-corrected chi connectivity index (χ0v) is 13.4. The molecule has 0 saturated heterocycles. The molecule has 1 aliphatic rings. The molecule has 0 radical (unpaired) electrons. The molecule has 1 heterocycles. The Morgan fingerprint density at radius 2 is 2.18 bits per heavy atom. The van der Waals surface area contributed by atoms with Crippen molar-refractivity contribution in [2.75, 3.05) is 7.11 Å². The lowest BCUT2D eigenvalue weighted by Crippen LogP contribution is -2.30. The molecular weight excluding hydrogens is 324 g/mol. The third-order valence-electron chi connectivity index (χ3n) is 3.34. The van der Waals surface area contributed by atoms with Crippen molar-refractivity contribution in [3.8, 4) is 5.75 Å². The fraction of sp³-hybridized carbons (Fsp3) is 0.286. The number of carbonyl (C=O) groups excluding carboxylic acids is 1. The molecule has 1 N–H and O–H groups in total. The van der Waals surface area contributed by atoms with E-state index in [0.29, 0.717) is 16.3 Å². The van der Waals surface area contributed by atoms with Gasteiger partial charge < -0.3 is 4.74 Å². The summed E-state index contributed by atoms with van der Waals surface area (Å²) in [4.78, 5) is 16.8. The molecule has 0 atom stereocenters. The van der Waals surface area contributed by atoms with Crippen LogP contribution in [0.4, 0.5) is 0 Å². The summed E-state index contributed by atoms with van der Waals surface area (Å²) in [6, 6.07) is 5.96. The molecule has 0 bridgehead atoms. The number of thiazole rings is 1. The van der Waals surface area contributed by atoms with Gasteiger partial charge in [0.05, 0.1) is 23.2 Å². The maximum Gasteiger partial charge on any atom is 0.277 e. The summed E-state index contributed by atoms with van der Waals surface area (Å²) in [7, 11) is -2.49. The summed E-state index contributed by atoms with van der Waals surface area (Å²) < 4.78 is 31.7. The number of nitrogens with one attached hydrogen (secondary N) is 1. The fourth-order valence-electron chi connectivity index (χ4n) is 2.07. The maximum absolute atomic E-state index is 12.3. The molecular formula is C14H14N2O4S2. The first-order valence-corrected chi connectivity index (χ1v) is 9.02. The van der Waals surface area contributed by atoms with Crippen molar-refractivity contribution in [1.82, 2.24) is 9.71 Å². The number of sulfonamides is 1. The minimum absolute atomic E-state index is 0.0160. The first-order chi connectivity index (χ1) is 10.5. The molecule has 1 amide bonds. The number of carbonyl (C=O) groups is 1. The van der Waals surface area contributed by atoms with Crippen molar-refractivity contribution < 1.29 is 17.9 Å². The van der Waals surface area contributed by atoms with Gasteiger partial charge in [0.1, 0.15) is 10.6 Å². The Kier molecular flexibility index (Phi) is 3.88. The van der Waals surface area contributed by atoms with E-state index < -0.39 is 15.9 Å². The molecule has 0 aliphatic heterocycles. The summed E-state index contributed by atoms with van der Waals surface area (Å²) in [6.07, 6.45) is 1.99. The van der Waals surface area contributed by atoms with E-state index in [1.165, 1.54) is 19.2 Å². The highest BCUT2D eigenvalue weighted by Crippen LogP contribution is 2.41. The van der Waals surface area contributed by atoms with Gasteiger partial charge in [0, 0.05) is 12.0 Å². The van der Waals surface area contributed by atoms with Gasteiger partial charge in [-0.05, 0) is 25.0 Å². The SMILES string of the molecule is COc1cccc(S(=O)(=O)NC(=O)c2scnc2C2CC2)c1. The Labute approximate surface area is 132 Å². The van der Waals surface area contributed by atoms with Crippen LogP contribution >= 0.6 is 11.3 Å². The number of rotatable bonds is 5. The zero-order valence-electron chi connectivity index (χ0n) is 11.8. The van der Waals surface area contributed by atoms with Crippen LogP contribution in [-0.2, 0) is 10.0 Å². The van der Waals surface area contributed by atoms with Crippen LogP contribution in [0.5, 0.6) is 5.75 Å². The normalized spacial score (nSPS) is 14.6. The van der Waals surface area contributed by atoms with E-state index in [0.717, 1.165) is 24.2 Å². The number of hydrogen-bond acceptors (Lipinski definition) is 6. The Hall–Kier alpha value is -1.93. The molecule has 1 fully saturated rings. The molecule has 6 nitrogen and oxygen atoms in total. The highest BCUT2D eigenvalue weighted by molar-refractivity contribution is 7.90. The van der Waals surface area contributed by atoms with E-state index in [1.807, 2.05) is 0 Å². The van der Waals surface area contributed by atoms with Crippen molar-refractivity contribution in [2.24, 2.45) is 0 Å². The number of methoxy groups -OCH3 is 1. The Bertz CT molecular complexity index is 810. The number of aromatic nitrogens is 1. The highest BCUT2D eigenvalue weighted by atomic mass is 32.2. The molecule has 1 aliphatic carbocycles. The summed E-state index contributed by atoms with van der Waals surface area (Å²) >= 11 is 1.16. The Balaban J connectivity index is 1.84. The van der Waals surface area contributed by atoms with Gasteiger partial charge in [0.25, 0.3) is 15.9 Å². The third kappa shape index (κ3) is 2.97. The van der Waals surface area contributed by atoms with Crippen molar-refractivity contribution in [3.05, 3.63) is 40.3 Å². The highest BCUT2D eigenvalue weighted by Gasteiger charge is 2.32. The summed E-state index contributed by atoms with van der Waals surface area (Å²) in [5, 5.41) is 0. The molecule has 1 aromatic carbocycles. The third-order valence-corrected chi connectivity index (χ3v) is 5.51. The van der Waals surface area contributed by atoms with Crippen LogP contribution in [0.15, 0.2) is 34.7 Å². The van der Waals surface area contributed by atoms with Gasteiger partial charge in [-0.25, -0.2) is 18.1 Å². The second kappa shape index (κ2) is 5.69. The van der Waals surface area contributed by atoms with Crippen LogP contribution in [0.1, 0.15) is 34.1 Å². The molecule has 0 unspecified atom stereocenters. The number of nitrogens with zero attached hydrogens (tertiary/aromatic N) is 1. The van der Waals surface area contributed by atoms with Gasteiger partial charge in [-0.2, -0.15) is 0 Å². The largest absolute Gasteiger partial charge is 0.497 e. The van der Waals surface area contributed by atoms with Crippen molar-refractivity contribution in [3.63, 3.8) is 0 Å². The number of ether oxygens (including phenoxy) is 1. The van der Waals surface area contributed by atoms with Gasteiger partial charge in [-0.15, -0.1) is 11.3 Å². The lowest BCUT2D eigenvalue weighted by molar-refractivity contribution is 0.0984. The van der Waals surface area contributed by atoms with Crippen LogP contribution in [0.2, 0.25) is 0 Å². The number of hydrogen-bond donors (Lipinski definition) is 1.